The Kier molecular flexibility index (Phi) is 8.98. The Hall–Kier alpha value is -2.90. The van der Waals surface area contributed by atoms with Crippen molar-refractivity contribution in [1.29, 1.82) is 0 Å². The molecule has 0 saturated carbocycles. The van der Waals surface area contributed by atoms with Crippen LogP contribution < -0.4 is 0 Å². The summed E-state index contributed by atoms with van der Waals surface area (Å²) in [4.78, 5) is 0. The normalized spacial score (nSPS) is 22.0. The molecule has 0 amide bonds. The molecule has 264 valence electrons. The van der Waals surface area contributed by atoms with Gasteiger partial charge in [-0.1, -0.05) is 155 Å². The van der Waals surface area contributed by atoms with Gasteiger partial charge in [-0.3, -0.25) is 0 Å². The predicted octanol–water partition coefficient (Wildman–Crippen LogP) is 13.4. The van der Waals surface area contributed by atoms with Gasteiger partial charge in [0.2, 0.25) is 0 Å². The Labute approximate surface area is 306 Å². The summed E-state index contributed by atoms with van der Waals surface area (Å²) in [5, 5.41) is 0. The van der Waals surface area contributed by atoms with Crippen LogP contribution in [0.3, 0.4) is 0 Å². The molecule has 3 aliphatic carbocycles. The van der Waals surface area contributed by atoms with E-state index in [1.54, 1.807) is 38.9 Å². The number of benzene rings is 4. The number of hydrogen-bond acceptors (Lipinski definition) is 0. The minimum Gasteiger partial charge on any atom is -0.0684 e. The predicted molar refractivity (Wildman–Crippen MR) is 220 cm³/mol. The summed E-state index contributed by atoms with van der Waals surface area (Å²) < 4.78 is 0. The summed E-state index contributed by atoms with van der Waals surface area (Å²) in [6, 6.07) is 29.4. The summed E-state index contributed by atoms with van der Waals surface area (Å²) in [6.45, 7) is 29.7. The van der Waals surface area contributed by atoms with E-state index < -0.39 is 8.07 Å². The van der Waals surface area contributed by atoms with Crippen molar-refractivity contribution >= 4 is 8.07 Å². The van der Waals surface area contributed by atoms with E-state index in [1.165, 1.54) is 59.9 Å². The zero-order valence-electron chi connectivity index (χ0n) is 33.4. The minimum absolute atomic E-state index is 0.168. The molecule has 4 aromatic carbocycles. The van der Waals surface area contributed by atoms with E-state index in [1.807, 2.05) is 0 Å². The molecule has 4 aromatic rings. The largest absolute Gasteiger partial charge is 0.0684 e. The van der Waals surface area contributed by atoms with Crippen molar-refractivity contribution in [3.63, 3.8) is 0 Å². The Balaban J connectivity index is 1.36. The van der Waals surface area contributed by atoms with Crippen LogP contribution in [0.25, 0.3) is 22.3 Å². The van der Waals surface area contributed by atoms with Crippen LogP contribution >= 0.6 is 0 Å². The lowest BCUT2D eigenvalue weighted by Gasteiger charge is -2.44. The van der Waals surface area contributed by atoms with Crippen LogP contribution in [0.5, 0.6) is 0 Å². The van der Waals surface area contributed by atoms with Gasteiger partial charge in [-0.25, -0.2) is 0 Å². The van der Waals surface area contributed by atoms with Crippen LogP contribution in [-0.4, -0.2) is 8.07 Å². The lowest BCUT2D eigenvalue weighted by Crippen LogP contribution is -2.47. The summed E-state index contributed by atoms with van der Waals surface area (Å²) in [6.07, 6.45) is 6.24. The van der Waals surface area contributed by atoms with Gasteiger partial charge >= 0.3 is 0 Å². The highest BCUT2D eigenvalue weighted by atomic mass is 28.3. The highest BCUT2D eigenvalue weighted by Crippen LogP contribution is 2.59. The summed E-state index contributed by atoms with van der Waals surface area (Å²) >= 11 is 0. The number of aryl methyl sites for hydroxylation is 1. The topological polar surface area (TPSA) is 0 Å². The zero-order chi connectivity index (χ0) is 35.9. The first kappa shape index (κ1) is 35.5. The quantitative estimate of drug-likeness (QED) is 0.178. The Morgan fingerprint density at radius 1 is 0.580 bits per heavy atom. The molecule has 0 saturated heterocycles. The van der Waals surface area contributed by atoms with Crippen LogP contribution in [0.4, 0.5) is 0 Å². The third-order valence-corrected chi connectivity index (χ3v) is 18.3. The molecule has 0 heterocycles. The average Bonchev–Trinajstić information content (AvgIpc) is 3.78. The van der Waals surface area contributed by atoms with Gasteiger partial charge < -0.3 is 0 Å². The first-order chi connectivity index (χ1) is 23.5. The van der Waals surface area contributed by atoms with Gasteiger partial charge in [-0.15, -0.1) is 0 Å². The Morgan fingerprint density at radius 3 is 1.64 bits per heavy atom. The van der Waals surface area contributed by atoms with Crippen molar-refractivity contribution < 1.29 is 0 Å². The molecule has 0 aliphatic heterocycles. The molecule has 0 fully saturated rings. The van der Waals surface area contributed by atoms with Gasteiger partial charge in [0, 0.05) is 0 Å². The third-order valence-electron chi connectivity index (χ3n) is 13.6. The van der Waals surface area contributed by atoms with Crippen molar-refractivity contribution in [3.8, 4) is 22.3 Å². The molecule has 3 aliphatic rings. The van der Waals surface area contributed by atoms with Crippen LogP contribution in [-0.2, 0) is 36.5 Å². The molecule has 0 nitrogen and oxygen atoms in total. The number of hydrogen-bond donors (Lipinski definition) is 0. The fourth-order valence-corrected chi connectivity index (χ4v) is 16.6. The van der Waals surface area contributed by atoms with Crippen LogP contribution in [0.2, 0.25) is 13.1 Å². The maximum absolute atomic E-state index is 2.81. The highest BCUT2D eigenvalue weighted by Gasteiger charge is 2.54. The van der Waals surface area contributed by atoms with E-state index in [0.29, 0.717) is 34.8 Å². The van der Waals surface area contributed by atoms with Crippen molar-refractivity contribution in [2.75, 3.05) is 0 Å². The van der Waals surface area contributed by atoms with Crippen LogP contribution in [0.15, 0.2) is 72.8 Å². The number of rotatable bonds is 6. The van der Waals surface area contributed by atoms with Gasteiger partial charge in [0.25, 0.3) is 0 Å². The molecule has 50 heavy (non-hydrogen) atoms. The maximum atomic E-state index is 2.81. The monoisotopic (exact) mass is 680 g/mol. The molecular weight excluding hydrogens is 617 g/mol. The van der Waals surface area contributed by atoms with E-state index in [-0.39, 0.29) is 10.8 Å². The standard InChI is InChI=1S/C49H64Si/c1-30(2)40-28-42-37(32-19-23-35(24-20-32)48(5,6)7)16-14-18-39(42)46(40)50(11,12)47-41(31(3)4)29-43-44(47)27-34-15-13-17-38(34)45(43)33-21-25-36(26-22-33)49(8,9)10/h14,16,18-27,30-31,40-41,46-47H,13,15,17,28-29H2,1-12H3. The second-order valence-electron chi connectivity index (χ2n) is 19.8. The van der Waals surface area contributed by atoms with Crippen molar-refractivity contribution in [2.45, 2.75) is 136 Å². The molecule has 4 atom stereocenters. The first-order valence-corrected chi connectivity index (χ1v) is 23.1. The van der Waals surface area contributed by atoms with E-state index in [4.69, 9.17) is 0 Å². The van der Waals surface area contributed by atoms with Gasteiger partial charge in [-0.2, -0.15) is 0 Å². The summed E-state index contributed by atoms with van der Waals surface area (Å²) in [5.74, 6) is 2.71. The van der Waals surface area contributed by atoms with E-state index >= 15 is 0 Å². The molecular formula is C49H64Si. The molecule has 7 rings (SSSR count). The van der Waals surface area contributed by atoms with Crippen molar-refractivity contribution in [1.82, 2.24) is 0 Å². The van der Waals surface area contributed by atoms with Crippen LogP contribution in [0.1, 0.15) is 131 Å². The lowest BCUT2D eigenvalue weighted by atomic mass is 9.84. The second kappa shape index (κ2) is 12.6. The Bertz CT molecular complexity index is 1870. The van der Waals surface area contributed by atoms with Gasteiger partial charge in [-0.05, 0) is 144 Å². The molecule has 0 radical (unpaired) electrons. The highest BCUT2D eigenvalue weighted by molar-refractivity contribution is 6.80. The molecule has 4 unspecified atom stereocenters. The number of fused-ring (bicyclic) bond motifs is 3. The lowest BCUT2D eigenvalue weighted by molar-refractivity contribution is 0.360. The molecule has 0 N–H and O–H groups in total. The SMILES string of the molecule is CC(C)C1Cc2c(-c3ccc(C(C)(C)C)cc3)cccc2C1[Si](C)(C)C1c2cc3c(c(-c4ccc(C(C)(C)C)cc4)c2CC1C(C)C)CCC3. The smallest absolute Gasteiger partial charge is 0.0635 e. The van der Waals surface area contributed by atoms with Crippen LogP contribution in [0, 0.1) is 23.7 Å². The zero-order valence-corrected chi connectivity index (χ0v) is 34.4. The molecule has 1 heteroatoms. The summed E-state index contributed by atoms with van der Waals surface area (Å²) in [7, 11) is -1.94. The van der Waals surface area contributed by atoms with Gasteiger partial charge in [0.05, 0.1) is 8.07 Å². The van der Waals surface area contributed by atoms with E-state index in [9.17, 15) is 0 Å². The average molecular weight is 681 g/mol. The third kappa shape index (κ3) is 5.98. The van der Waals surface area contributed by atoms with E-state index in [0.717, 1.165) is 0 Å². The Morgan fingerprint density at radius 2 is 1.10 bits per heavy atom. The van der Waals surface area contributed by atoms with Gasteiger partial charge in [0.15, 0.2) is 0 Å². The first-order valence-electron chi connectivity index (χ1n) is 20.0. The van der Waals surface area contributed by atoms with E-state index in [2.05, 4.69) is 155 Å². The minimum atomic E-state index is -1.94. The fourth-order valence-electron chi connectivity index (χ4n) is 10.8. The fraction of sp³-hybridized carbons (Fsp3) is 0.510. The van der Waals surface area contributed by atoms with Crippen molar-refractivity contribution in [3.05, 3.63) is 117 Å². The maximum Gasteiger partial charge on any atom is 0.0635 e. The molecule has 0 aromatic heterocycles. The molecule has 0 spiro atoms. The van der Waals surface area contributed by atoms with Crippen molar-refractivity contribution in [2.24, 2.45) is 23.7 Å². The summed E-state index contributed by atoms with van der Waals surface area (Å²) in [5.41, 5.74) is 20.6. The molecule has 0 bridgehead atoms. The second-order valence-corrected chi connectivity index (χ2v) is 24.7. The van der Waals surface area contributed by atoms with Gasteiger partial charge in [0.1, 0.15) is 0 Å².